The fourth-order valence-electron chi connectivity index (χ4n) is 5.67. The standard InChI is InChI=1S/C27H42N4O6S/c1-21-14-25(35-4)15-22(2)27(21)38(33,34)31-12-13-36-18-24(31)19-37-20-26(32)30-10-8-29(9-11-30)17-23-6-5-7-28(3)16-23/h5,7,14-15,23-24H,6,8-13,16-20H2,1-4H3/t23?,24-/m0/s1. The van der Waals surface area contributed by atoms with E-state index < -0.39 is 16.1 Å². The zero-order chi connectivity index (χ0) is 27.3. The number of methoxy groups -OCH3 is 1. The number of hydrogen-bond donors (Lipinski definition) is 0. The summed E-state index contributed by atoms with van der Waals surface area (Å²) in [6, 6.07) is 2.96. The summed E-state index contributed by atoms with van der Waals surface area (Å²) in [5, 5.41) is 0. The summed E-state index contributed by atoms with van der Waals surface area (Å²) in [6.45, 7) is 9.58. The van der Waals surface area contributed by atoms with E-state index in [2.05, 4.69) is 29.1 Å². The highest BCUT2D eigenvalue weighted by Crippen LogP contribution is 2.30. The van der Waals surface area contributed by atoms with E-state index in [-0.39, 0.29) is 37.2 Å². The van der Waals surface area contributed by atoms with Crippen LogP contribution in [-0.2, 0) is 24.3 Å². The molecule has 2 fully saturated rings. The molecule has 0 aliphatic carbocycles. The van der Waals surface area contributed by atoms with Gasteiger partial charge in [0.05, 0.1) is 37.9 Å². The molecule has 11 heteroatoms. The van der Waals surface area contributed by atoms with E-state index in [1.807, 2.05) is 4.90 Å². The van der Waals surface area contributed by atoms with Crippen LogP contribution < -0.4 is 4.74 Å². The first-order valence-corrected chi connectivity index (χ1v) is 14.8. The van der Waals surface area contributed by atoms with Gasteiger partial charge in [-0.25, -0.2) is 8.42 Å². The summed E-state index contributed by atoms with van der Waals surface area (Å²) < 4.78 is 45.4. The molecule has 0 spiro atoms. The minimum atomic E-state index is -3.78. The molecule has 3 aliphatic rings. The van der Waals surface area contributed by atoms with Gasteiger partial charge < -0.3 is 24.0 Å². The Labute approximate surface area is 227 Å². The smallest absolute Gasteiger partial charge is 0.248 e. The highest BCUT2D eigenvalue weighted by Gasteiger charge is 2.36. The number of nitrogens with zero attached hydrogens (tertiary/aromatic N) is 4. The fourth-order valence-corrected chi connectivity index (χ4v) is 7.66. The Balaban J connectivity index is 1.28. The number of benzene rings is 1. The van der Waals surface area contributed by atoms with E-state index in [1.165, 1.54) is 4.31 Å². The van der Waals surface area contributed by atoms with Crippen LogP contribution in [0.5, 0.6) is 5.75 Å². The van der Waals surface area contributed by atoms with Crippen LogP contribution in [0.15, 0.2) is 29.3 Å². The average Bonchev–Trinajstić information content (AvgIpc) is 2.88. The fraction of sp³-hybridized carbons (Fsp3) is 0.667. The summed E-state index contributed by atoms with van der Waals surface area (Å²) in [5.74, 6) is 1.19. The van der Waals surface area contributed by atoms with Crippen molar-refractivity contribution in [3.8, 4) is 5.75 Å². The van der Waals surface area contributed by atoms with E-state index in [1.54, 1.807) is 33.1 Å². The number of rotatable bonds is 9. The summed E-state index contributed by atoms with van der Waals surface area (Å²) >= 11 is 0. The Morgan fingerprint density at radius 1 is 1.11 bits per heavy atom. The van der Waals surface area contributed by atoms with Crippen molar-refractivity contribution in [3.63, 3.8) is 0 Å². The molecule has 2 atom stereocenters. The molecular weight excluding hydrogens is 508 g/mol. The summed E-state index contributed by atoms with van der Waals surface area (Å²) in [5.41, 5.74) is 1.27. The van der Waals surface area contributed by atoms with Gasteiger partial charge in [0.15, 0.2) is 0 Å². The Kier molecular flexibility index (Phi) is 9.69. The van der Waals surface area contributed by atoms with Gasteiger partial charge >= 0.3 is 0 Å². The molecule has 10 nitrogen and oxygen atoms in total. The maximum absolute atomic E-state index is 13.7. The monoisotopic (exact) mass is 550 g/mol. The normalized spacial score (nSPS) is 23.6. The number of piperazine rings is 1. The van der Waals surface area contributed by atoms with Gasteiger partial charge in [0.2, 0.25) is 15.9 Å². The Bertz CT molecular complexity index is 1080. The Morgan fingerprint density at radius 3 is 2.47 bits per heavy atom. The largest absolute Gasteiger partial charge is 0.497 e. The van der Waals surface area contributed by atoms with E-state index in [0.29, 0.717) is 42.5 Å². The minimum Gasteiger partial charge on any atom is -0.497 e. The molecule has 1 unspecified atom stereocenters. The number of allylic oxidation sites excluding steroid dienone is 1. The van der Waals surface area contributed by atoms with Crippen LogP contribution in [0.1, 0.15) is 17.5 Å². The van der Waals surface area contributed by atoms with Gasteiger partial charge in [-0.2, -0.15) is 4.31 Å². The van der Waals surface area contributed by atoms with E-state index in [0.717, 1.165) is 32.6 Å². The maximum Gasteiger partial charge on any atom is 0.248 e. The predicted molar refractivity (Wildman–Crippen MR) is 145 cm³/mol. The van der Waals surface area contributed by atoms with Crippen molar-refractivity contribution in [2.75, 3.05) is 86.4 Å². The molecule has 3 aliphatic heterocycles. The van der Waals surface area contributed by atoms with Crippen molar-refractivity contribution in [1.29, 1.82) is 0 Å². The predicted octanol–water partition coefficient (Wildman–Crippen LogP) is 1.33. The van der Waals surface area contributed by atoms with Gasteiger partial charge in [-0.15, -0.1) is 0 Å². The van der Waals surface area contributed by atoms with E-state index in [9.17, 15) is 13.2 Å². The zero-order valence-corrected chi connectivity index (χ0v) is 23.9. The number of aryl methyl sites for hydroxylation is 2. The Morgan fingerprint density at radius 2 is 1.82 bits per heavy atom. The van der Waals surface area contributed by atoms with E-state index in [4.69, 9.17) is 14.2 Å². The van der Waals surface area contributed by atoms with Gasteiger partial charge in [0.25, 0.3) is 0 Å². The van der Waals surface area contributed by atoms with Crippen molar-refractivity contribution >= 4 is 15.9 Å². The lowest BCUT2D eigenvalue weighted by Gasteiger charge is -2.38. The molecule has 0 N–H and O–H groups in total. The van der Waals surface area contributed by atoms with Gasteiger partial charge in [-0.3, -0.25) is 9.69 Å². The first-order chi connectivity index (χ1) is 18.2. The lowest BCUT2D eigenvalue weighted by atomic mass is 10.0. The molecule has 212 valence electrons. The van der Waals surface area contributed by atoms with Crippen molar-refractivity contribution in [1.82, 2.24) is 19.0 Å². The van der Waals surface area contributed by atoms with Crippen LogP contribution in [0.2, 0.25) is 0 Å². The highest BCUT2D eigenvalue weighted by molar-refractivity contribution is 7.89. The topological polar surface area (TPSA) is 91.9 Å². The average molecular weight is 551 g/mol. The lowest BCUT2D eigenvalue weighted by Crippen LogP contribution is -2.52. The molecule has 38 heavy (non-hydrogen) atoms. The number of sulfonamides is 1. The minimum absolute atomic E-state index is 0.0574. The molecule has 1 amide bonds. The highest BCUT2D eigenvalue weighted by atomic mass is 32.2. The summed E-state index contributed by atoms with van der Waals surface area (Å²) in [4.78, 5) is 19.6. The van der Waals surface area contributed by atoms with Gasteiger partial charge in [0.1, 0.15) is 12.4 Å². The molecule has 0 aromatic heterocycles. The second kappa shape index (κ2) is 12.8. The maximum atomic E-state index is 13.7. The molecule has 2 saturated heterocycles. The first kappa shape index (κ1) is 28.8. The molecule has 0 radical (unpaired) electrons. The van der Waals surface area contributed by atoms with Crippen molar-refractivity contribution in [3.05, 3.63) is 35.5 Å². The van der Waals surface area contributed by atoms with Crippen LogP contribution in [0.3, 0.4) is 0 Å². The third-order valence-corrected chi connectivity index (χ3v) is 9.82. The molecule has 1 aromatic carbocycles. The number of morpholine rings is 1. The number of amides is 1. The molecule has 0 saturated carbocycles. The molecule has 4 rings (SSSR count). The van der Waals surface area contributed by atoms with Crippen molar-refractivity contribution in [2.24, 2.45) is 5.92 Å². The van der Waals surface area contributed by atoms with Crippen LogP contribution in [0, 0.1) is 19.8 Å². The molecular formula is C27H42N4O6S. The summed E-state index contributed by atoms with van der Waals surface area (Å²) in [7, 11) is -0.113. The molecule has 0 bridgehead atoms. The summed E-state index contributed by atoms with van der Waals surface area (Å²) in [6.07, 6.45) is 5.48. The van der Waals surface area contributed by atoms with Crippen molar-refractivity contribution in [2.45, 2.75) is 31.2 Å². The molecule has 1 aromatic rings. The van der Waals surface area contributed by atoms with Crippen LogP contribution in [0.4, 0.5) is 0 Å². The number of hydrogen-bond acceptors (Lipinski definition) is 8. The second-order valence-electron chi connectivity index (χ2n) is 10.6. The van der Waals surface area contributed by atoms with Gasteiger partial charge in [0, 0.05) is 52.9 Å². The first-order valence-electron chi connectivity index (χ1n) is 13.4. The van der Waals surface area contributed by atoms with Crippen LogP contribution in [-0.4, -0.2) is 126 Å². The second-order valence-corrected chi connectivity index (χ2v) is 12.4. The third kappa shape index (κ3) is 6.87. The Hall–Kier alpha value is -2.18. The number of carbonyl (C=O) groups is 1. The van der Waals surface area contributed by atoms with Gasteiger partial charge in [-0.05, 0) is 55.6 Å². The van der Waals surface area contributed by atoms with Gasteiger partial charge in [-0.1, -0.05) is 6.08 Å². The van der Waals surface area contributed by atoms with Crippen molar-refractivity contribution < 1.29 is 27.4 Å². The zero-order valence-electron chi connectivity index (χ0n) is 23.1. The third-order valence-electron chi connectivity index (χ3n) is 7.56. The SMILES string of the molecule is COc1cc(C)c(S(=O)(=O)N2CCOC[C@H]2COCC(=O)N2CCN(CC3CC=CN(C)C3)CC2)c(C)c1. The molecule has 3 heterocycles. The number of ether oxygens (including phenoxy) is 3. The number of carbonyl (C=O) groups excluding carboxylic acids is 1. The van der Waals surface area contributed by atoms with E-state index >= 15 is 0 Å². The lowest BCUT2D eigenvalue weighted by molar-refractivity contribution is -0.139. The van der Waals surface area contributed by atoms with Crippen LogP contribution >= 0.6 is 0 Å². The van der Waals surface area contributed by atoms with Crippen LogP contribution in [0.25, 0.3) is 0 Å². The quantitative estimate of drug-likeness (QED) is 0.455.